The summed E-state index contributed by atoms with van der Waals surface area (Å²) in [6, 6.07) is 6.60. The summed E-state index contributed by atoms with van der Waals surface area (Å²) in [4.78, 5) is 22.3. The Labute approximate surface area is 178 Å². The Kier molecular flexibility index (Phi) is 4.17. The van der Waals surface area contributed by atoms with Gasteiger partial charge in [-0.15, -0.1) is 0 Å². The summed E-state index contributed by atoms with van der Waals surface area (Å²) in [5.74, 6) is 1.54. The molecule has 1 aliphatic carbocycles. The highest BCUT2D eigenvalue weighted by Gasteiger charge is 2.27. The zero-order valence-electron chi connectivity index (χ0n) is 17.2. The standard InChI is InChI=1S/C22H23N7O2/c1-23-19-9-18(27-21-17(11-25-29(19)21)22(30)26-13-4-5-13)16-10-24-20-15(16)3-2-7-28(20)14-6-8-31-12-14/h2-3,7,9-11,13-14,23H,4-6,8,12H2,1H3,(H,26,30). The van der Waals surface area contributed by atoms with Gasteiger partial charge in [-0.05, 0) is 31.4 Å². The zero-order valence-corrected chi connectivity index (χ0v) is 17.2. The topological polar surface area (TPSA) is 98.4 Å². The van der Waals surface area contributed by atoms with Gasteiger partial charge in [-0.2, -0.15) is 9.61 Å². The predicted octanol–water partition coefficient (Wildman–Crippen LogP) is 2.59. The molecule has 2 N–H and O–H groups in total. The number of carbonyl (C=O) groups is 1. The normalized spacial score (nSPS) is 18.7. The van der Waals surface area contributed by atoms with Crippen molar-refractivity contribution in [2.75, 3.05) is 25.6 Å². The van der Waals surface area contributed by atoms with E-state index in [1.54, 1.807) is 10.7 Å². The molecule has 1 amide bonds. The van der Waals surface area contributed by atoms with Crippen molar-refractivity contribution < 1.29 is 9.53 Å². The van der Waals surface area contributed by atoms with E-state index in [1.807, 2.05) is 25.4 Å². The average Bonchev–Trinajstić information content (AvgIpc) is 3.20. The Bertz CT molecular complexity index is 1250. The molecule has 0 bridgehead atoms. The third kappa shape index (κ3) is 3.04. The van der Waals surface area contributed by atoms with Gasteiger partial charge in [0.1, 0.15) is 17.2 Å². The van der Waals surface area contributed by atoms with Crippen LogP contribution in [0.3, 0.4) is 0 Å². The lowest BCUT2D eigenvalue weighted by molar-refractivity contribution is 0.0952. The van der Waals surface area contributed by atoms with Gasteiger partial charge >= 0.3 is 0 Å². The monoisotopic (exact) mass is 417 g/mol. The predicted molar refractivity (Wildman–Crippen MR) is 115 cm³/mol. The van der Waals surface area contributed by atoms with Crippen molar-refractivity contribution in [3.8, 4) is 22.6 Å². The summed E-state index contributed by atoms with van der Waals surface area (Å²) in [6.07, 6.45) is 8.54. The van der Waals surface area contributed by atoms with Crippen molar-refractivity contribution in [3.63, 3.8) is 0 Å². The van der Waals surface area contributed by atoms with Crippen LogP contribution >= 0.6 is 0 Å². The van der Waals surface area contributed by atoms with Gasteiger partial charge in [0, 0.05) is 49.3 Å². The molecule has 3 aliphatic heterocycles. The largest absolute Gasteiger partial charge is 0.379 e. The molecule has 6 rings (SSSR count). The highest BCUT2D eigenvalue weighted by molar-refractivity contribution is 6.00. The molecule has 158 valence electrons. The van der Waals surface area contributed by atoms with E-state index in [4.69, 9.17) is 14.7 Å². The molecule has 0 aromatic carbocycles. The number of nitrogens with zero attached hydrogens (tertiary/aromatic N) is 5. The third-order valence-electron chi connectivity index (χ3n) is 6.06. The molecular formula is C22H23N7O2. The molecular weight excluding hydrogens is 394 g/mol. The lowest BCUT2D eigenvalue weighted by Gasteiger charge is -2.17. The smallest absolute Gasteiger partial charge is 0.256 e. The van der Waals surface area contributed by atoms with Crippen molar-refractivity contribution in [1.29, 1.82) is 0 Å². The fourth-order valence-corrected chi connectivity index (χ4v) is 4.23. The van der Waals surface area contributed by atoms with Gasteiger partial charge in [-0.3, -0.25) is 4.79 Å². The molecule has 1 unspecified atom stereocenters. The third-order valence-corrected chi connectivity index (χ3v) is 6.06. The van der Waals surface area contributed by atoms with Crippen LogP contribution in [0.1, 0.15) is 35.7 Å². The maximum Gasteiger partial charge on any atom is 0.256 e. The van der Waals surface area contributed by atoms with Crippen LogP contribution in [0.25, 0.3) is 28.3 Å². The number of pyridine rings is 1. The SMILES string of the molecule is CNc1cc(-c2cnc3n(C4CCOC4)cccc2-3)nc2c(C(=O)NC3CC3)cnn12. The van der Waals surface area contributed by atoms with Crippen molar-refractivity contribution >= 4 is 17.4 Å². The van der Waals surface area contributed by atoms with Crippen LogP contribution in [0.2, 0.25) is 0 Å². The molecule has 2 fully saturated rings. The molecule has 4 aliphatic rings. The van der Waals surface area contributed by atoms with E-state index in [0.717, 1.165) is 54.3 Å². The number of hydrogen-bond donors (Lipinski definition) is 2. The molecule has 2 aromatic rings. The van der Waals surface area contributed by atoms with Crippen LogP contribution in [0.15, 0.2) is 36.8 Å². The van der Waals surface area contributed by atoms with Gasteiger partial charge in [-0.1, -0.05) is 0 Å². The molecule has 1 atom stereocenters. The molecule has 0 spiro atoms. The van der Waals surface area contributed by atoms with Gasteiger partial charge in [0.15, 0.2) is 5.65 Å². The second-order valence-corrected chi connectivity index (χ2v) is 8.16. The highest BCUT2D eigenvalue weighted by Crippen LogP contribution is 2.36. The van der Waals surface area contributed by atoms with Gasteiger partial charge in [-0.25, -0.2) is 9.97 Å². The summed E-state index contributed by atoms with van der Waals surface area (Å²) in [5, 5.41) is 10.6. The maximum absolute atomic E-state index is 12.7. The molecule has 1 saturated carbocycles. The molecule has 31 heavy (non-hydrogen) atoms. The Morgan fingerprint density at radius 1 is 1.23 bits per heavy atom. The van der Waals surface area contributed by atoms with Crippen molar-refractivity contribution in [3.05, 3.63) is 42.4 Å². The molecule has 1 saturated heterocycles. The Morgan fingerprint density at radius 3 is 2.90 bits per heavy atom. The molecule has 0 radical (unpaired) electrons. The fraction of sp³-hybridized carbons (Fsp3) is 0.364. The van der Waals surface area contributed by atoms with Crippen molar-refractivity contribution in [2.24, 2.45) is 0 Å². The Hall–Kier alpha value is -3.46. The van der Waals surface area contributed by atoms with Gasteiger partial charge in [0.2, 0.25) is 0 Å². The number of nitrogens with one attached hydrogen (secondary N) is 2. The van der Waals surface area contributed by atoms with E-state index in [0.29, 0.717) is 23.9 Å². The van der Waals surface area contributed by atoms with Crippen LogP contribution < -0.4 is 10.6 Å². The van der Waals surface area contributed by atoms with Crippen molar-refractivity contribution in [2.45, 2.75) is 31.3 Å². The van der Waals surface area contributed by atoms with E-state index in [1.165, 1.54) is 0 Å². The number of aromatic nitrogens is 5. The minimum absolute atomic E-state index is 0.131. The van der Waals surface area contributed by atoms with Gasteiger partial charge < -0.3 is 19.9 Å². The van der Waals surface area contributed by atoms with E-state index in [9.17, 15) is 4.79 Å². The first kappa shape index (κ1) is 18.3. The van der Waals surface area contributed by atoms with E-state index in [2.05, 4.69) is 32.6 Å². The number of carbonyl (C=O) groups excluding carboxylic acids is 1. The summed E-state index contributed by atoms with van der Waals surface area (Å²) < 4.78 is 9.43. The van der Waals surface area contributed by atoms with E-state index in [-0.39, 0.29) is 11.9 Å². The first-order chi connectivity index (χ1) is 15.2. The lowest BCUT2D eigenvalue weighted by atomic mass is 10.1. The Balaban J connectivity index is 1.45. The van der Waals surface area contributed by atoms with Crippen LogP contribution in [0.5, 0.6) is 0 Å². The van der Waals surface area contributed by atoms with Crippen LogP contribution in [-0.2, 0) is 4.74 Å². The molecule has 9 heteroatoms. The second kappa shape index (κ2) is 7.05. The van der Waals surface area contributed by atoms with Crippen LogP contribution in [0.4, 0.5) is 5.82 Å². The van der Waals surface area contributed by atoms with E-state index < -0.39 is 0 Å². The molecule has 9 nitrogen and oxygen atoms in total. The second-order valence-electron chi connectivity index (χ2n) is 8.16. The average molecular weight is 417 g/mol. The summed E-state index contributed by atoms with van der Waals surface area (Å²) in [7, 11) is 1.83. The van der Waals surface area contributed by atoms with Crippen molar-refractivity contribution in [1.82, 2.24) is 29.5 Å². The summed E-state index contributed by atoms with van der Waals surface area (Å²) in [5.41, 5.74) is 3.71. The quantitative estimate of drug-likeness (QED) is 0.518. The Morgan fingerprint density at radius 2 is 2.13 bits per heavy atom. The minimum Gasteiger partial charge on any atom is -0.379 e. The number of amides is 1. The first-order valence-electron chi connectivity index (χ1n) is 10.6. The van der Waals surface area contributed by atoms with Crippen LogP contribution in [-0.4, -0.2) is 56.4 Å². The molecule has 2 aromatic heterocycles. The number of anilines is 1. The first-order valence-corrected chi connectivity index (χ1v) is 10.6. The van der Waals surface area contributed by atoms with Gasteiger partial charge in [0.25, 0.3) is 5.91 Å². The summed E-state index contributed by atoms with van der Waals surface area (Å²) >= 11 is 0. The number of ether oxygens (including phenoxy) is 1. The van der Waals surface area contributed by atoms with E-state index >= 15 is 0 Å². The van der Waals surface area contributed by atoms with Crippen LogP contribution in [0, 0.1) is 0 Å². The molecule has 5 heterocycles. The van der Waals surface area contributed by atoms with Gasteiger partial charge in [0.05, 0.1) is 24.5 Å². The fourth-order valence-electron chi connectivity index (χ4n) is 4.23. The summed E-state index contributed by atoms with van der Waals surface area (Å²) in [6.45, 7) is 1.48. The number of rotatable bonds is 5. The maximum atomic E-state index is 12.7. The zero-order chi connectivity index (χ0) is 20.9. The lowest BCUT2D eigenvalue weighted by Crippen LogP contribution is -2.25. The highest BCUT2D eigenvalue weighted by atomic mass is 16.5. The number of fused-ring (bicyclic) bond motifs is 2. The number of hydrogen-bond acceptors (Lipinski definition) is 6. The minimum atomic E-state index is -0.131.